The van der Waals surface area contributed by atoms with E-state index >= 15 is 0 Å². The second kappa shape index (κ2) is 12.7. The van der Waals surface area contributed by atoms with Crippen LogP contribution in [0.4, 0.5) is 5.69 Å². The minimum Gasteiger partial charge on any atom is -0.495 e. The summed E-state index contributed by atoms with van der Waals surface area (Å²) in [7, 11) is 1.50. The van der Waals surface area contributed by atoms with Gasteiger partial charge in [0.1, 0.15) is 11.8 Å². The summed E-state index contributed by atoms with van der Waals surface area (Å²) in [6.45, 7) is 0.687. The Kier molecular flexibility index (Phi) is 9.16. The predicted octanol–water partition coefficient (Wildman–Crippen LogP) is 4.21. The van der Waals surface area contributed by atoms with Crippen LogP contribution in [-0.2, 0) is 14.3 Å². The Balaban J connectivity index is 1.66. The molecule has 2 N–H and O–H groups in total. The van der Waals surface area contributed by atoms with Crippen LogP contribution >= 0.6 is 22.9 Å². The second-order valence-electron chi connectivity index (χ2n) is 8.44. The van der Waals surface area contributed by atoms with Crippen molar-refractivity contribution in [3.05, 3.63) is 81.5 Å². The summed E-state index contributed by atoms with van der Waals surface area (Å²) in [5.41, 5.74) is 1.000. The van der Waals surface area contributed by atoms with E-state index in [0.29, 0.717) is 35.0 Å². The molecule has 1 saturated heterocycles. The summed E-state index contributed by atoms with van der Waals surface area (Å²) in [6.07, 6.45) is 1.74. The highest BCUT2D eigenvalue weighted by Crippen LogP contribution is 2.34. The van der Waals surface area contributed by atoms with Crippen LogP contribution in [0.5, 0.6) is 5.75 Å². The number of rotatable bonds is 10. The van der Waals surface area contributed by atoms with Crippen molar-refractivity contribution < 1.29 is 23.9 Å². The number of methoxy groups -OCH3 is 1. The van der Waals surface area contributed by atoms with E-state index in [1.165, 1.54) is 23.3 Å². The van der Waals surface area contributed by atoms with Gasteiger partial charge < -0.3 is 20.1 Å². The Morgan fingerprint density at radius 2 is 1.95 bits per heavy atom. The smallest absolute Gasteiger partial charge is 0.261 e. The van der Waals surface area contributed by atoms with E-state index < -0.39 is 11.9 Å². The fourth-order valence-electron chi connectivity index (χ4n) is 4.15. The third-order valence-corrected chi connectivity index (χ3v) is 7.14. The number of ether oxygens (including phenoxy) is 2. The highest BCUT2D eigenvalue weighted by Gasteiger charge is 2.34. The maximum Gasteiger partial charge on any atom is 0.261 e. The quantitative estimate of drug-likeness (QED) is 0.401. The Morgan fingerprint density at radius 3 is 2.59 bits per heavy atom. The summed E-state index contributed by atoms with van der Waals surface area (Å²) in [4.78, 5) is 41.7. The number of carbonyl (C=O) groups excluding carboxylic acids is 3. The van der Waals surface area contributed by atoms with E-state index in [9.17, 15) is 14.4 Å². The summed E-state index contributed by atoms with van der Waals surface area (Å²) >= 11 is 7.68. The van der Waals surface area contributed by atoms with Crippen LogP contribution in [0, 0.1) is 0 Å². The Labute approximate surface area is 224 Å². The number of hydrogen-bond acceptors (Lipinski definition) is 6. The summed E-state index contributed by atoms with van der Waals surface area (Å²) < 4.78 is 10.9. The molecule has 1 aromatic heterocycles. The average molecular weight is 542 g/mol. The van der Waals surface area contributed by atoms with Gasteiger partial charge in [-0.15, -0.1) is 11.3 Å². The number of amides is 3. The minimum atomic E-state index is -1.02. The molecule has 1 aliphatic rings. The molecule has 1 aliphatic heterocycles. The zero-order chi connectivity index (χ0) is 26.2. The summed E-state index contributed by atoms with van der Waals surface area (Å²) in [5.74, 6) is -0.781. The maximum atomic E-state index is 13.7. The van der Waals surface area contributed by atoms with Crippen LogP contribution < -0.4 is 20.3 Å². The monoisotopic (exact) mass is 541 g/mol. The van der Waals surface area contributed by atoms with Crippen LogP contribution in [0.25, 0.3) is 0 Å². The molecule has 0 bridgehead atoms. The van der Waals surface area contributed by atoms with E-state index in [0.717, 1.165) is 12.8 Å². The number of nitrogens with one attached hydrogen (secondary N) is 2. The van der Waals surface area contributed by atoms with Crippen molar-refractivity contribution >= 4 is 46.3 Å². The van der Waals surface area contributed by atoms with Crippen molar-refractivity contribution in [1.82, 2.24) is 10.6 Å². The molecule has 2 atom stereocenters. The van der Waals surface area contributed by atoms with Gasteiger partial charge in [0.15, 0.2) is 0 Å². The molecule has 0 spiro atoms. The molecule has 0 aliphatic carbocycles. The lowest BCUT2D eigenvalue weighted by Crippen LogP contribution is -2.48. The van der Waals surface area contributed by atoms with Crippen molar-refractivity contribution in [2.45, 2.75) is 25.0 Å². The van der Waals surface area contributed by atoms with Gasteiger partial charge in [0.25, 0.3) is 5.91 Å². The van der Waals surface area contributed by atoms with Crippen LogP contribution in [0.15, 0.2) is 66.0 Å². The molecule has 194 valence electrons. The number of hydrogen-bond donors (Lipinski definition) is 2. The molecule has 2 heterocycles. The highest BCUT2D eigenvalue weighted by molar-refractivity contribution is 7.12. The molecule has 1 fully saturated rings. The third kappa shape index (κ3) is 6.68. The Morgan fingerprint density at radius 1 is 1.14 bits per heavy atom. The number of halogens is 1. The van der Waals surface area contributed by atoms with E-state index in [1.807, 2.05) is 6.07 Å². The minimum absolute atomic E-state index is 0.0648. The van der Waals surface area contributed by atoms with Crippen LogP contribution in [0.2, 0.25) is 5.02 Å². The predicted molar refractivity (Wildman–Crippen MR) is 143 cm³/mol. The van der Waals surface area contributed by atoms with Gasteiger partial charge in [-0.1, -0.05) is 48.0 Å². The molecule has 0 unspecified atom stereocenters. The lowest BCUT2D eigenvalue weighted by Gasteiger charge is -2.32. The average Bonchev–Trinajstić information content (AvgIpc) is 3.64. The normalized spacial score (nSPS) is 15.6. The second-order valence-corrected chi connectivity index (χ2v) is 9.79. The van der Waals surface area contributed by atoms with E-state index in [1.54, 1.807) is 60.0 Å². The largest absolute Gasteiger partial charge is 0.495 e. The van der Waals surface area contributed by atoms with Crippen molar-refractivity contribution in [2.24, 2.45) is 0 Å². The molecular weight excluding hydrogens is 514 g/mol. The first-order valence-electron chi connectivity index (χ1n) is 11.9. The van der Waals surface area contributed by atoms with Crippen LogP contribution in [-0.4, -0.2) is 50.6 Å². The zero-order valence-electron chi connectivity index (χ0n) is 20.3. The lowest BCUT2D eigenvalue weighted by molar-refractivity contribution is -0.126. The molecule has 10 heteroatoms. The van der Waals surface area contributed by atoms with Gasteiger partial charge in [0, 0.05) is 18.8 Å². The van der Waals surface area contributed by atoms with Gasteiger partial charge in [-0.05, 0) is 48.1 Å². The van der Waals surface area contributed by atoms with Crippen molar-refractivity contribution in [1.29, 1.82) is 0 Å². The molecule has 0 saturated carbocycles. The van der Waals surface area contributed by atoms with Gasteiger partial charge >= 0.3 is 0 Å². The number of thiophene rings is 1. The van der Waals surface area contributed by atoms with Crippen LogP contribution in [0.3, 0.4) is 0 Å². The zero-order valence-corrected chi connectivity index (χ0v) is 21.9. The first kappa shape index (κ1) is 26.7. The van der Waals surface area contributed by atoms with Gasteiger partial charge in [-0.3, -0.25) is 19.3 Å². The van der Waals surface area contributed by atoms with Gasteiger partial charge in [-0.25, -0.2) is 0 Å². The van der Waals surface area contributed by atoms with Crippen molar-refractivity contribution in [2.75, 3.05) is 31.7 Å². The van der Waals surface area contributed by atoms with E-state index in [-0.39, 0.29) is 29.5 Å². The highest BCUT2D eigenvalue weighted by atomic mass is 35.5. The summed E-state index contributed by atoms with van der Waals surface area (Å²) in [5, 5.41) is 7.68. The van der Waals surface area contributed by atoms with Gasteiger partial charge in [0.05, 0.1) is 29.7 Å². The maximum absolute atomic E-state index is 13.7. The molecule has 8 nitrogen and oxygen atoms in total. The van der Waals surface area contributed by atoms with Crippen molar-refractivity contribution in [3.8, 4) is 5.75 Å². The molecule has 0 radical (unpaired) electrons. The van der Waals surface area contributed by atoms with E-state index in [2.05, 4.69) is 10.6 Å². The van der Waals surface area contributed by atoms with E-state index in [4.69, 9.17) is 21.1 Å². The first-order valence-corrected chi connectivity index (χ1v) is 13.1. The van der Waals surface area contributed by atoms with Crippen LogP contribution in [0.1, 0.15) is 34.1 Å². The first-order chi connectivity index (χ1) is 18.0. The lowest BCUT2D eigenvalue weighted by atomic mass is 10.0. The molecular formula is C27H28ClN3O5S. The number of benzene rings is 2. The number of carbonyl (C=O) groups is 3. The molecule has 3 amide bonds. The fraction of sp³-hybridized carbons (Fsp3) is 0.296. The Hall–Kier alpha value is -3.40. The topological polar surface area (TPSA) is 97.0 Å². The molecule has 3 aromatic rings. The number of nitrogens with zero attached hydrogens (tertiary/aromatic N) is 1. The van der Waals surface area contributed by atoms with Crippen molar-refractivity contribution in [3.63, 3.8) is 0 Å². The standard InChI is InChI=1S/C27H28ClN3O5S/c1-35-22-12-11-19(15-21(22)28)31(24(32)17-30-26(33)23-10-6-14-37-23)25(18-7-3-2-4-8-18)27(34)29-16-20-9-5-13-36-20/h2-4,6-8,10-12,14-15,20,25H,5,9,13,16-17H2,1H3,(H,29,34)(H,30,33)/t20-,25-/m1/s1. The molecule has 37 heavy (non-hydrogen) atoms. The van der Waals surface area contributed by atoms with Gasteiger partial charge in [-0.2, -0.15) is 0 Å². The third-order valence-electron chi connectivity index (χ3n) is 5.98. The SMILES string of the molecule is COc1ccc(N(C(=O)CNC(=O)c2cccs2)[C@@H](C(=O)NC[C@H]2CCCO2)c2ccccc2)cc1Cl. The van der Waals surface area contributed by atoms with Gasteiger partial charge in [0.2, 0.25) is 11.8 Å². The molecule has 4 rings (SSSR count). The fourth-order valence-corrected chi connectivity index (χ4v) is 5.04. The Bertz CT molecular complexity index is 1220. The molecule has 2 aromatic carbocycles. The number of anilines is 1. The summed E-state index contributed by atoms with van der Waals surface area (Å²) in [6, 6.07) is 16.3.